The Labute approximate surface area is 227 Å². The maximum absolute atomic E-state index is 12.7. The molecule has 3 N–H and O–H groups in total. The monoisotopic (exact) mass is 533 g/mol. The maximum Gasteiger partial charge on any atom is 0.296 e. The van der Waals surface area contributed by atoms with E-state index in [2.05, 4.69) is 25.5 Å². The third-order valence-corrected chi connectivity index (χ3v) is 6.90. The van der Waals surface area contributed by atoms with Gasteiger partial charge in [-0.05, 0) is 67.1 Å². The Kier molecular flexibility index (Phi) is 9.10. The van der Waals surface area contributed by atoms with Crippen LogP contribution in [0.2, 0.25) is 5.02 Å². The Hall–Kier alpha value is -3.75. The molecule has 0 atom stereocenters. The fraction of sp³-hybridized carbons (Fsp3) is 0.310. The minimum absolute atomic E-state index is 0.0367. The van der Waals surface area contributed by atoms with Crippen molar-refractivity contribution in [2.24, 2.45) is 0 Å². The number of ether oxygens (including phenoxy) is 1. The number of nitrogens with one attached hydrogen (secondary N) is 2. The van der Waals surface area contributed by atoms with Gasteiger partial charge in [-0.25, -0.2) is 9.97 Å². The van der Waals surface area contributed by atoms with Crippen molar-refractivity contribution in [1.29, 1.82) is 0 Å². The van der Waals surface area contributed by atoms with Crippen LogP contribution in [-0.2, 0) is 6.42 Å². The van der Waals surface area contributed by atoms with Crippen LogP contribution in [0.15, 0.2) is 66.9 Å². The number of H-pyrrole nitrogens is 1. The third kappa shape index (κ3) is 7.18. The first kappa shape index (κ1) is 27.3. The number of aliphatic hydroxyl groups is 1. The van der Waals surface area contributed by atoms with Crippen LogP contribution in [0.1, 0.15) is 61.5 Å². The Morgan fingerprint density at radius 2 is 1.89 bits per heavy atom. The SMILES string of the molecule is CCC(O)(CC)CCCOc1ccc(Cl)c(-c2ccnc(NC(=O)c3n[nH]c(Cc4ccccc4)n3)c2)c1. The van der Waals surface area contributed by atoms with E-state index >= 15 is 0 Å². The lowest BCUT2D eigenvalue weighted by Crippen LogP contribution is -2.26. The zero-order chi connectivity index (χ0) is 27.0. The van der Waals surface area contributed by atoms with Crippen LogP contribution in [0.5, 0.6) is 5.75 Å². The number of carbonyl (C=O) groups excluding carboxylic acids is 1. The molecule has 0 bridgehead atoms. The lowest BCUT2D eigenvalue weighted by molar-refractivity contribution is 0.0185. The summed E-state index contributed by atoms with van der Waals surface area (Å²) in [5, 5.41) is 20.6. The summed E-state index contributed by atoms with van der Waals surface area (Å²) in [4.78, 5) is 21.3. The van der Waals surface area contributed by atoms with Gasteiger partial charge in [0.2, 0.25) is 5.82 Å². The summed E-state index contributed by atoms with van der Waals surface area (Å²) in [5.41, 5.74) is 1.96. The molecule has 1 amide bonds. The van der Waals surface area contributed by atoms with E-state index in [0.717, 1.165) is 36.0 Å². The summed E-state index contributed by atoms with van der Waals surface area (Å²) in [6.07, 6.45) is 5.03. The van der Waals surface area contributed by atoms with E-state index in [1.165, 1.54) is 0 Å². The van der Waals surface area contributed by atoms with Gasteiger partial charge in [0, 0.05) is 23.2 Å². The fourth-order valence-electron chi connectivity index (χ4n) is 4.11. The van der Waals surface area contributed by atoms with Gasteiger partial charge in [0.1, 0.15) is 17.4 Å². The number of nitrogens with zero attached hydrogens (tertiary/aromatic N) is 3. The molecule has 0 spiro atoms. The standard InChI is InChI=1S/C29H32ClN5O3/c1-3-29(37,4-2)14-8-16-38-22-11-12-24(30)23(19-22)21-13-15-31-25(18-21)33-28(36)27-32-26(34-35-27)17-20-9-6-5-7-10-20/h5-7,9-13,15,18-19,37H,3-4,8,14,16-17H2,1-2H3,(H,31,33,36)(H,32,34,35). The van der Waals surface area contributed by atoms with Crippen LogP contribution >= 0.6 is 11.6 Å². The van der Waals surface area contributed by atoms with Crippen LogP contribution in [0.4, 0.5) is 5.82 Å². The first-order chi connectivity index (χ1) is 18.4. The molecule has 0 fully saturated rings. The highest BCUT2D eigenvalue weighted by molar-refractivity contribution is 6.33. The Balaban J connectivity index is 1.40. The number of hydrogen-bond acceptors (Lipinski definition) is 6. The van der Waals surface area contributed by atoms with E-state index in [-0.39, 0.29) is 5.82 Å². The lowest BCUT2D eigenvalue weighted by atomic mass is 9.92. The molecule has 2 aromatic carbocycles. The second-order valence-electron chi connectivity index (χ2n) is 9.18. The highest BCUT2D eigenvalue weighted by Crippen LogP contribution is 2.32. The van der Waals surface area contributed by atoms with Crippen molar-refractivity contribution < 1.29 is 14.6 Å². The van der Waals surface area contributed by atoms with E-state index in [1.54, 1.807) is 18.3 Å². The average Bonchev–Trinajstić information content (AvgIpc) is 3.41. The first-order valence-electron chi connectivity index (χ1n) is 12.8. The highest BCUT2D eigenvalue weighted by Gasteiger charge is 2.21. The molecule has 38 heavy (non-hydrogen) atoms. The number of pyridine rings is 1. The van der Waals surface area contributed by atoms with E-state index in [4.69, 9.17) is 16.3 Å². The molecule has 0 aliphatic rings. The van der Waals surface area contributed by atoms with Gasteiger partial charge < -0.3 is 15.2 Å². The van der Waals surface area contributed by atoms with E-state index in [0.29, 0.717) is 41.9 Å². The van der Waals surface area contributed by atoms with Gasteiger partial charge in [0.05, 0.1) is 12.2 Å². The van der Waals surface area contributed by atoms with Gasteiger partial charge in [-0.2, -0.15) is 0 Å². The number of aromatic nitrogens is 4. The number of benzene rings is 2. The number of rotatable bonds is 12. The van der Waals surface area contributed by atoms with Crippen molar-refractivity contribution in [3.05, 3.63) is 89.1 Å². The van der Waals surface area contributed by atoms with E-state index in [1.807, 2.05) is 62.4 Å². The normalized spacial score (nSPS) is 11.4. The quantitative estimate of drug-likeness (QED) is 0.190. The van der Waals surface area contributed by atoms with Crippen molar-refractivity contribution in [2.75, 3.05) is 11.9 Å². The second kappa shape index (κ2) is 12.7. The Morgan fingerprint density at radius 1 is 1.11 bits per heavy atom. The summed E-state index contributed by atoms with van der Waals surface area (Å²) < 4.78 is 5.93. The number of anilines is 1. The van der Waals surface area contributed by atoms with Gasteiger partial charge in [-0.1, -0.05) is 55.8 Å². The number of amides is 1. The minimum atomic E-state index is -0.638. The fourth-order valence-corrected chi connectivity index (χ4v) is 4.34. The third-order valence-electron chi connectivity index (χ3n) is 6.57. The molecule has 9 heteroatoms. The number of carbonyl (C=O) groups is 1. The van der Waals surface area contributed by atoms with Crippen molar-refractivity contribution >= 4 is 23.3 Å². The van der Waals surface area contributed by atoms with Gasteiger partial charge in [0.15, 0.2) is 0 Å². The van der Waals surface area contributed by atoms with E-state index in [9.17, 15) is 9.90 Å². The van der Waals surface area contributed by atoms with Crippen LogP contribution in [0.3, 0.4) is 0 Å². The molecule has 0 unspecified atom stereocenters. The predicted octanol–water partition coefficient (Wildman–Crippen LogP) is 6.07. The number of hydrogen-bond donors (Lipinski definition) is 3. The minimum Gasteiger partial charge on any atom is -0.494 e. The molecular weight excluding hydrogens is 502 g/mol. The maximum atomic E-state index is 12.7. The van der Waals surface area contributed by atoms with Crippen molar-refractivity contribution in [2.45, 2.75) is 51.6 Å². The molecule has 2 heterocycles. The van der Waals surface area contributed by atoms with Gasteiger partial charge in [-0.3, -0.25) is 9.89 Å². The van der Waals surface area contributed by atoms with Crippen LogP contribution in [0.25, 0.3) is 11.1 Å². The molecule has 4 rings (SSSR count). The molecule has 198 valence electrons. The summed E-state index contributed by atoms with van der Waals surface area (Å²) in [5.74, 6) is 1.19. The molecule has 4 aromatic rings. The lowest BCUT2D eigenvalue weighted by Gasteiger charge is -2.24. The molecule has 0 radical (unpaired) electrons. The first-order valence-corrected chi connectivity index (χ1v) is 13.1. The zero-order valence-electron chi connectivity index (χ0n) is 21.6. The van der Waals surface area contributed by atoms with Gasteiger partial charge in [0.25, 0.3) is 5.91 Å². The summed E-state index contributed by atoms with van der Waals surface area (Å²) in [7, 11) is 0. The number of aromatic amines is 1. The Morgan fingerprint density at radius 3 is 2.66 bits per heavy atom. The molecule has 8 nitrogen and oxygen atoms in total. The Bertz CT molecular complexity index is 1360. The van der Waals surface area contributed by atoms with Gasteiger partial charge >= 0.3 is 0 Å². The number of halogens is 1. The largest absolute Gasteiger partial charge is 0.494 e. The van der Waals surface area contributed by atoms with Crippen LogP contribution in [0, 0.1) is 0 Å². The molecular formula is C29H32ClN5O3. The average molecular weight is 534 g/mol. The van der Waals surface area contributed by atoms with Gasteiger partial charge in [-0.15, -0.1) is 5.10 Å². The van der Waals surface area contributed by atoms with Crippen molar-refractivity contribution in [1.82, 2.24) is 20.2 Å². The smallest absolute Gasteiger partial charge is 0.296 e. The highest BCUT2D eigenvalue weighted by atomic mass is 35.5. The molecule has 0 aliphatic carbocycles. The molecule has 0 saturated carbocycles. The topological polar surface area (TPSA) is 113 Å². The summed E-state index contributed by atoms with van der Waals surface area (Å²) in [6.45, 7) is 4.48. The van der Waals surface area contributed by atoms with Crippen LogP contribution < -0.4 is 10.1 Å². The predicted molar refractivity (Wildman–Crippen MR) is 149 cm³/mol. The summed E-state index contributed by atoms with van der Waals surface area (Å²) >= 11 is 6.49. The second-order valence-corrected chi connectivity index (χ2v) is 9.58. The molecule has 0 saturated heterocycles. The molecule has 2 aromatic heterocycles. The van der Waals surface area contributed by atoms with E-state index < -0.39 is 11.5 Å². The zero-order valence-corrected chi connectivity index (χ0v) is 22.3. The van der Waals surface area contributed by atoms with Crippen LogP contribution in [-0.4, -0.2) is 43.4 Å². The van der Waals surface area contributed by atoms with Crippen molar-refractivity contribution in [3.8, 4) is 16.9 Å². The molecule has 0 aliphatic heterocycles. The summed E-state index contributed by atoms with van der Waals surface area (Å²) in [6, 6.07) is 18.8. The van der Waals surface area contributed by atoms with Crippen molar-refractivity contribution in [3.63, 3.8) is 0 Å².